The molecule has 0 aromatic rings. The molecule has 2 heterocycles. The first-order valence-corrected chi connectivity index (χ1v) is 6.99. The van der Waals surface area contributed by atoms with Crippen molar-refractivity contribution in [3.63, 3.8) is 0 Å². The van der Waals surface area contributed by atoms with Crippen LogP contribution in [0.5, 0.6) is 0 Å². The van der Waals surface area contributed by atoms with Crippen LogP contribution in [0.15, 0.2) is 0 Å². The van der Waals surface area contributed by atoms with Crippen LogP contribution < -0.4 is 5.32 Å². The zero-order valence-corrected chi connectivity index (χ0v) is 11.7. The first-order valence-electron chi connectivity index (χ1n) is 6.99. The fourth-order valence-corrected chi connectivity index (χ4v) is 2.97. The third kappa shape index (κ3) is 3.45. The third-order valence-electron chi connectivity index (χ3n) is 3.84. The number of esters is 1. The minimum Gasteiger partial charge on any atom is -0.460 e. The van der Waals surface area contributed by atoms with Crippen LogP contribution in [0.25, 0.3) is 0 Å². The van der Waals surface area contributed by atoms with E-state index >= 15 is 0 Å². The molecular weight excluding hydrogens is 230 g/mol. The quantitative estimate of drug-likeness (QED) is 0.761. The van der Waals surface area contributed by atoms with Gasteiger partial charge in [-0.15, -0.1) is 0 Å². The molecule has 4 nitrogen and oxygen atoms in total. The molecule has 2 saturated heterocycles. The number of carbonyl (C=O) groups excluding carboxylic acids is 1. The molecule has 18 heavy (non-hydrogen) atoms. The fraction of sp³-hybridized carbons (Fsp3) is 0.929. The minimum atomic E-state index is -0.389. The predicted octanol–water partition coefficient (Wildman–Crippen LogP) is 1.59. The van der Waals surface area contributed by atoms with Crippen LogP contribution in [0, 0.1) is 17.8 Å². The fourth-order valence-electron chi connectivity index (χ4n) is 2.97. The van der Waals surface area contributed by atoms with Gasteiger partial charge in [0.2, 0.25) is 0 Å². The van der Waals surface area contributed by atoms with Crippen molar-refractivity contribution in [2.24, 2.45) is 17.8 Å². The molecule has 0 aliphatic carbocycles. The lowest BCUT2D eigenvalue weighted by molar-refractivity contribution is -0.161. The summed E-state index contributed by atoms with van der Waals surface area (Å²) in [4.78, 5) is 12.2. The van der Waals surface area contributed by atoms with Gasteiger partial charge in [0.15, 0.2) is 0 Å². The molecule has 2 rings (SSSR count). The monoisotopic (exact) mass is 255 g/mol. The van der Waals surface area contributed by atoms with E-state index in [1.165, 1.54) is 0 Å². The second kappa shape index (κ2) is 5.57. The van der Waals surface area contributed by atoms with Gasteiger partial charge in [-0.25, -0.2) is 0 Å². The van der Waals surface area contributed by atoms with E-state index in [0.717, 1.165) is 39.1 Å². The Morgan fingerprint density at radius 2 is 1.89 bits per heavy atom. The van der Waals surface area contributed by atoms with Gasteiger partial charge >= 0.3 is 5.97 Å². The highest BCUT2D eigenvalue weighted by atomic mass is 16.6. The van der Waals surface area contributed by atoms with Crippen LogP contribution in [-0.2, 0) is 14.3 Å². The molecule has 1 N–H and O–H groups in total. The summed E-state index contributed by atoms with van der Waals surface area (Å²) < 4.78 is 10.9. The predicted molar refractivity (Wildman–Crippen MR) is 69.2 cm³/mol. The highest BCUT2D eigenvalue weighted by Crippen LogP contribution is 2.33. The van der Waals surface area contributed by atoms with E-state index in [4.69, 9.17) is 9.47 Å². The minimum absolute atomic E-state index is 0.0207. The number of carbonyl (C=O) groups is 1. The van der Waals surface area contributed by atoms with E-state index in [-0.39, 0.29) is 17.5 Å². The average molecular weight is 255 g/mol. The van der Waals surface area contributed by atoms with Crippen molar-refractivity contribution in [3.8, 4) is 0 Å². The molecule has 0 aromatic carbocycles. The smallest absolute Gasteiger partial charge is 0.311 e. The summed E-state index contributed by atoms with van der Waals surface area (Å²) in [6.07, 6.45) is 2.15. The molecule has 2 atom stereocenters. The SMILES string of the molecule is CC(C)(C)OC(=O)[C@@H]1CNC[C@H]1C1CCOCC1. The maximum absolute atomic E-state index is 12.2. The Hall–Kier alpha value is -0.610. The molecule has 2 aliphatic heterocycles. The summed E-state index contributed by atoms with van der Waals surface area (Å²) in [7, 11) is 0. The number of hydrogen-bond acceptors (Lipinski definition) is 4. The molecule has 2 fully saturated rings. The summed E-state index contributed by atoms with van der Waals surface area (Å²) >= 11 is 0. The van der Waals surface area contributed by atoms with Crippen molar-refractivity contribution in [1.29, 1.82) is 0 Å². The molecule has 0 amide bonds. The van der Waals surface area contributed by atoms with Gasteiger partial charge < -0.3 is 14.8 Å². The van der Waals surface area contributed by atoms with Crippen molar-refractivity contribution in [2.75, 3.05) is 26.3 Å². The van der Waals surface area contributed by atoms with Crippen molar-refractivity contribution in [3.05, 3.63) is 0 Å². The number of rotatable bonds is 2. The van der Waals surface area contributed by atoms with Crippen LogP contribution in [0.3, 0.4) is 0 Å². The summed E-state index contributed by atoms with van der Waals surface area (Å²) in [5.74, 6) is 1.01. The van der Waals surface area contributed by atoms with Gasteiger partial charge in [-0.05, 0) is 52.0 Å². The molecule has 0 aromatic heterocycles. The summed E-state index contributed by atoms with van der Waals surface area (Å²) in [6.45, 7) is 9.15. The molecule has 0 saturated carbocycles. The van der Waals surface area contributed by atoms with E-state index in [2.05, 4.69) is 5.32 Å². The molecular formula is C14H25NO3. The molecule has 104 valence electrons. The van der Waals surface area contributed by atoms with E-state index < -0.39 is 0 Å². The van der Waals surface area contributed by atoms with Crippen molar-refractivity contribution in [1.82, 2.24) is 5.32 Å². The Balaban J connectivity index is 1.96. The maximum atomic E-state index is 12.2. The second-order valence-corrected chi connectivity index (χ2v) is 6.41. The molecule has 0 radical (unpaired) electrons. The molecule has 0 spiro atoms. The van der Waals surface area contributed by atoms with Crippen molar-refractivity contribution < 1.29 is 14.3 Å². The van der Waals surface area contributed by atoms with E-state index in [1.54, 1.807) is 0 Å². The zero-order chi connectivity index (χ0) is 13.2. The normalized spacial score (nSPS) is 30.4. The van der Waals surface area contributed by atoms with Gasteiger partial charge in [0.05, 0.1) is 5.92 Å². The summed E-state index contributed by atoms with van der Waals surface area (Å²) in [5.41, 5.74) is -0.389. The van der Waals surface area contributed by atoms with Gasteiger partial charge in [0.25, 0.3) is 0 Å². The maximum Gasteiger partial charge on any atom is 0.311 e. The number of hydrogen-bond donors (Lipinski definition) is 1. The Bertz CT molecular complexity index is 292. The van der Waals surface area contributed by atoms with Crippen LogP contribution >= 0.6 is 0 Å². The van der Waals surface area contributed by atoms with Gasteiger partial charge in [-0.3, -0.25) is 4.79 Å². The summed E-state index contributed by atoms with van der Waals surface area (Å²) in [5, 5.41) is 3.34. The second-order valence-electron chi connectivity index (χ2n) is 6.41. The Morgan fingerprint density at radius 3 is 2.50 bits per heavy atom. The van der Waals surface area contributed by atoms with Gasteiger partial charge in [0, 0.05) is 19.8 Å². The standard InChI is InChI=1S/C14H25NO3/c1-14(2,3)18-13(16)12-9-15-8-11(12)10-4-6-17-7-5-10/h10-12,15H,4-9H2,1-3H3/t11-,12+/m0/s1. The Labute approximate surface area is 109 Å². The largest absolute Gasteiger partial charge is 0.460 e. The lowest BCUT2D eigenvalue weighted by Gasteiger charge is -2.31. The van der Waals surface area contributed by atoms with Crippen molar-refractivity contribution >= 4 is 5.97 Å². The van der Waals surface area contributed by atoms with Crippen LogP contribution in [0.1, 0.15) is 33.6 Å². The first-order chi connectivity index (χ1) is 8.47. The molecule has 2 aliphatic rings. The van der Waals surface area contributed by atoms with Crippen molar-refractivity contribution in [2.45, 2.75) is 39.2 Å². The summed E-state index contributed by atoms with van der Waals surface area (Å²) in [6, 6.07) is 0. The third-order valence-corrected chi connectivity index (χ3v) is 3.84. The van der Waals surface area contributed by atoms with Gasteiger partial charge in [-0.1, -0.05) is 0 Å². The van der Waals surface area contributed by atoms with Gasteiger partial charge in [0.1, 0.15) is 5.60 Å². The molecule has 0 unspecified atom stereocenters. The first kappa shape index (κ1) is 13.8. The lowest BCUT2D eigenvalue weighted by atomic mass is 9.79. The van der Waals surface area contributed by atoms with Crippen LogP contribution in [-0.4, -0.2) is 37.9 Å². The number of nitrogens with one attached hydrogen (secondary N) is 1. The topological polar surface area (TPSA) is 47.6 Å². The average Bonchev–Trinajstić information content (AvgIpc) is 2.76. The van der Waals surface area contributed by atoms with E-state index in [1.807, 2.05) is 20.8 Å². The molecule has 4 heteroatoms. The Kier molecular flexibility index (Phi) is 4.28. The highest BCUT2D eigenvalue weighted by Gasteiger charge is 2.40. The lowest BCUT2D eigenvalue weighted by Crippen LogP contribution is -2.36. The van der Waals surface area contributed by atoms with E-state index in [0.29, 0.717) is 11.8 Å². The highest BCUT2D eigenvalue weighted by molar-refractivity contribution is 5.74. The van der Waals surface area contributed by atoms with Crippen LogP contribution in [0.4, 0.5) is 0 Å². The zero-order valence-electron chi connectivity index (χ0n) is 11.7. The Morgan fingerprint density at radius 1 is 1.22 bits per heavy atom. The number of ether oxygens (including phenoxy) is 2. The van der Waals surface area contributed by atoms with Crippen LogP contribution in [0.2, 0.25) is 0 Å². The van der Waals surface area contributed by atoms with Gasteiger partial charge in [-0.2, -0.15) is 0 Å². The van der Waals surface area contributed by atoms with E-state index in [9.17, 15) is 4.79 Å². The molecule has 0 bridgehead atoms.